The molecule has 0 aliphatic rings. The maximum atomic E-state index is 12.0. The maximum Gasteiger partial charge on any atom is 0.326 e. The van der Waals surface area contributed by atoms with Crippen molar-refractivity contribution in [1.29, 1.82) is 0 Å². The fourth-order valence-corrected chi connectivity index (χ4v) is 1.73. The number of carboxylic acids is 1. The Morgan fingerprint density at radius 1 is 1.20 bits per heavy atom. The molecule has 6 heteroatoms. The van der Waals surface area contributed by atoms with Crippen LogP contribution in [-0.4, -0.2) is 36.0 Å². The quantitative estimate of drug-likeness (QED) is 0.724. The van der Waals surface area contributed by atoms with E-state index < -0.39 is 17.9 Å². The van der Waals surface area contributed by atoms with Crippen LogP contribution in [0.2, 0.25) is 0 Å². The molecule has 1 atom stereocenters. The highest BCUT2D eigenvalue weighted by molar-refractivity contribution is 6.00. The minimum Gasteiger partial charge on any atom is -0.480 e. The Kier molecular flexibility index (Phi) is 5.71. The lowest BCUT2D eigenvalue weighted by Crippen LogP contribution is -2.40. The van der Waals surface area contributed by atoms with E-state index in [1.54, 1.807) is 12.1 Å². The first-order chi connectivity index (χ1) is 9.49. The zero-order chi connectivity index (χ0) is 15.1. The first-order valence-electron chi connectivity index (χ1n) is 6.35. The average Bonchev–Trinajstić information content (AvgIpc) is 2.45. The summed E-state index contributed by atoms with van der Waals surface area (Å²) >= 11 is 0. The third kappa shape index (κ3) is 4.08. The summed E-state index contributed by atoms with van der Waals surface area (Å²) in [7, 11) is 1.50. The van der Waals surface area contributed by atoms with Crippen LogP contribution in [0, 0.1) is 0 Å². The number of benzene rings is 1. The number of nitrogens with one attached hydrogen (secondary N) is 2. The molecule has 0 fully saturated rings. The first-order valence-corrected chi connectivity index (χ1v) is 6.35. The van der Waals surface area contributed by atoms with Gasteiger partial charge in [-0.3, -0.25) is 9.59 Å². The topological polar surface area (TPSA) is 95.5 Å². The number of rotatable bonds is 6. The SMILES string of the molecule is CCCC(NC(=O)c1cccc(C(=O)NC)c1)C(=O)O. The van der Waals surface area contributed by atoms with E-state index in [0.29, 0.717) is 18.4 Å². The normalized spacial score (nSPS) is 11.5. The zero-order valence-electron chi connectivity index (χ0n) is 11.5. The number of carbonyl (C=O) groups is 3. The van der Waals surface area contributed by atoms with Crippen molar-refractivity contribution in [1.82, 2.24) is 10.6 Å². The molecule has 0 saturated heterocycles. The summed E-state index contributed by atoms with van der Waals surface area (Å²) in [5.74, 6) is -1.87. The molecule has 6 nitrogen and oxygen atoms in total. The van der Waals surface area contributed by atoms with Crippen LogP contribution in [0.15, 0.2) is 24.3 Å². The molecule has 1 aromatic rings. The van der Waals surface area contributed by atoms with E-state index in [9.17, 15) is 14.4 Å². The van der Waals surface area contributed by atoms with Crippen LogP contribution in [0.3, 0.4) is 0 Å². The Morgan fingerprint density at radius 3 is 2.30 bits per heavy atom. The number of hydrogen-bond acceptors (Lipinski definition) is 3. The molecule has 0 heterocycles. The monoisotopic (exact) mass is 278 g/mol. The summed E-state index contributed by atoms with van der Waals surface area (Å²) in [4.78, 5) is 34.5. The average molecular weight is 278 g/mol. The molecule has 0 radical (unpaired) electrons. The van der Waals surface area contributed by atoms with E-state index >= 15 is 0 Å². The van der Waals surface area contributed by atoms with Gasteiger partial charge in [0.25, 0.3) is 11.8 Å². The van der Waals surface area contributed by atoms with Gasteiger partial charge >= 0.3 is 5.97 Å². The van der Waals surface area contributed by atoms with Crippen LogP contribution in [0.1, 0.15) is 40.5 Å². The van der Waals surface area contributed by atoms with Gasteiger partial charge < -0.3 is 15.7 Å². The lowest BCUT2D eigenvalue weighted by molar-refractivity contribution is -0.139. The minimum absolute atomic E-state index is 0.258. The Balaban J connectivity index is 2.86. The van der Waals surface area contributed by atoms with Gasteiger partial charge in [0.15, 0.2) is 0 Å². The van der Waals surface area contributed by atoms with Gasteiger partial charge in [-0.1, -0.05) is 19.4 Å². The molecule has 0 aromatic heterocycles. The summed E-state index contributed by atoms with van der Waals surface area (Å²) < 4.78 is 0. The Labute approximate surface area is 117 Å². The number of aliphatic carboxylic acids is 1. The highest BCUT2D eigenvalue weighted by Gasteiger charge is 2.20. The highest BCUT2D eigenvalue weighted by atomic mass is 16.4. The first kappa shape index (κ1) is 15.7. The van der Waals surface area contributed by atoms with E-state index in [2.05, 4.69) is 10.6 Å². The summed E-state index contributed by atoms with van der Waals surface area (Å²) in [6.45, 7) is 1.84. The van der Waals surface area contributed by atoms with E-state index in [-0.39, 0.29) is 11.5 Å². The molecule has 2 amide bonds. The van der Waals surface area contributed by atoms with Crippen molar-refractivity contribution < 1.29 is 19.5 Å². The van der Waals surface area contributed by atoms with Gasteiger partial charge in [-0.25, -0.2) is 4.79 Å². The summed E-state index contributed by atoms with van der Waals surface area (Å²) in [5, 5.41) is 13.9. The van der Waals surface area contributed by atoms with Crippen molar-refractivity contribution in [3.63, 3.8) is 0 Å². The number of carboxylic acid groups (broad SMARTS) is 1. The third-order valence-corrected chi connectivity index (χ3v) is 2.79. The molecular formula is C14H18N2O4. The predicted octanol–water partition coefficient (Wildman–Crippen LogP) is 1.03. The fraction of sp³-hybridized carbons (Fsp3) is 0.357. The van der Waals surface area contributed by atoms with Crippen molar-refractivity contribution in [3.05, 3.63) is 35.4 Å². The Morgan fingerprint density at radius 2 is 1.80 bits per heavy atom. The summed E-state index contributed by atoms with van der Waals surface area (Å²) in [6.07, 6.45) is 1.01. The van der Waals surface area contributed by atoms with Gasteiger partial charge in [-0.15, -0.1) is 0 Å². The molecule has 1 aromatic carbocycles. The van der Waals surface area contributed by atoms with Crippen molar-refractivity contribution in [3.8, 4) is 0 Å². The molecule has 0 saturated carbocycles. The molecular weight excluding hydrogens is 260 g/mol. The Hall–Kier alpha value is -2.37. The number of carbonyl (C=O) groups excluding carboxylic acids is 2. The molecule has 3 N–H and O–H groups in total. The second-order valence-corrected chi connectivity index (χ2v) is 4.31. The van der Waals surface area contributed by atoms with Gasteiger partial charge in [0.1, 0.15) is 6.04 Å². The van der Waals surface area contributed by atoms with Crippen LogP contribution < -0.4 is 10.6 Å². The highest BCUT2D eigenvalue weighted by Crippen LogP contribution is 2.07. The second kappa shape index (κ2) is 7.28. The minimum atomic E-state index is -1.07. The fourth-order valence-electron chi connectivity index (χ4n) is 1.73. The van der Waals surface area contributed by atoms with E-state index in [0.717, 1.165) is 0 Å². The van der Waals surface area contributed by atoms with Gasteiger partial charge in [0.05, 0.1) is 0 Å². The molecule has 1 unspecified atom stereocenters. The second-order valence-electron chi connectivity index (χ2n) is 4.31. The lowest BCUT2D eigenvalue weighted by Gasteiger charge is -2.13. The van der Waals surface area contributed by atoms with Crippen molar-refractivity contribution in [2.75, 3.05) is 7.05 Å². The van der Waals surface area contributed by atoms with E-state index in [1.165, 1.54) is 19.2 Å². The predicted molar refractivity (Wildman–Crippen MR) is 73.6 cm³/mol. The van der Waals surface area contributed by atoms with Gasteiger partial charge in [-0.2, -0.15) is 0 Å². The molecule has 0 aliphatic carbocycles. The number of amides is 2. The van der Waals surface area contributed by atoms with E-state index in [1.807, 2.05) is 6.92 Å². The molecule has 0 bridgehead atoms. The number of hydrogen-bond donors (Lipinski definition) is 3. The standard InChI is InChI=1S/C14H18N2O4/c1-3-5-11(14(19)20)16-13(18)10-7-4-6-9(8-10)12(17)15-2/h4,6-8,11H,3,5H2,1-2H3,(H,15,17)(H,16,18)(H,19,20). The van der Waals surface area contributed by atoms with Crippen LogP contribution in [-0.2, 0) is 4.79 Å². The van der Waals surface area contributed by atoms with Crippen LogP contribution in [0.5, 0.6) is 0 Å². The summed E-state index contributed by atoms with van der Waals surface area (Å²) in [5.41, 5.74) is 0.607. The van der Waals surface area contributed by atoms with Crippen LogP contribution >= 0.6 is 0 Å². The van der Waals surface area contributed by atoms with Crippen LogP contribution in [0.4, 0.5) is 0 Å². The third-order valence-electron chi connectivity index (χ3n) is 2.79. The molecule has 20 heavy (non-hydrogen) atoms. The van der Waals surface area contributed by atoms with Crippen LogP contribution in [0.25, 0.3) is 0 Å². The van der Waals surface area contributed by atoms with Crippen molar-refractivity contribution in [2.24, 2.45) is 0 Å². The Bertz CT molecular complexity index is 514. The molecule has 1 rings (SSSR count). The van der Waals surface area contributed by atoms with Gasteiger partial charge in [0.2, 0.25) is 0 Å². The zero-order valence-corrected chi connectivity index (χ0v) is 11.5. The largest absolute Gasteiger partial charge is 0.480 e. The van der Waals surface area contributed by atoms with Gasteiger partial charge in [-0.05, 0) is 24.6 Å². The molecule has 108 valence electrons. The summed E-state index contributed by atoms with van der Waals surface area (Å²) in [6, 6.07) is 5.20. The van der Waals surface area contributed by atoms with Crippen molar-refractivity contribution >= 4 is 17.8 Å². The maximum absolute atomic E-state index is 12.0. The van der Waals surface area contributed by atoms with Gasteiger partial charge in [0, 0.05) is 18.2 Å². The smallest absolute Gasteiger partial charge is 0.326 e. The van der Waals surface area contributed by atoms with Crippen molar-refractivity contribution in [2.45, 2.75) is 25.8 Å². The molecule has 0 spiro atoms. The molecule has 0 aliphatic heterocycles. The lowest BCUT2D eigenvalue weighted by atomic mass is 10.1. The van der Waals surface area contributed by atoms with E-state index in [4.69, 9.17) is 5.11 Å².